The second-order valence-corrected chi connectivity index (χ2v) is 5.41. The van der Waals surface area contributed by atoms with Gasteiger partial charge in [-0.05, 0) is 24.3 Å². The highest BCUT2D eigenvalue weighted by Gasteiger charge is 2.08. The Hall–Kier alpha value is -2.22. The van der Waals surface area contributed by atoms with Gasteiger partial charge >= 0.3 is 5.97 Å². The minimum Gasteiger partial charge on any atom is -0.481 e. The highest BCUT2D eigenvalue weighted by molar-refractivity contribution is 7.16. The van der Waals surface area contributed by atoms with Gasteiger partial charge in [-0.2, -0.15) is 0 Å². The molecular weight excluding hydrogens is 294 g/mol. The molecule has 0 aromatic carbocycles. The fourth-order valence-electron chi connectivity index (χ4n) is 1.85. The van der Waals surface area contributed by atoms with Crippen molar-refractivity contribution in [2.75, 3.05) is 6.54 Å². The summed E-state index contributed by atoms with van der Waals surface area (Å²) in [7, 11) is 0. The molecule has 2 aromatic rings. The van der Waals surface area contributed by atoms with Crippen molar-refractivity contribution in [3.05, 3.63) is 28.1 Å². The van der Waals surface area contributed by atoms with Gasteiger partial charge in [0.15, 0.2) is 0 Å². The van der Waals surface area contributed by atoms with E-state index >= 15 is 0 Å². The molecule has 0 saturated carbocycles. The summed E-state index contributed by atoms with van der Waals surface area (Å²) in [6.45, 7) is 0.311. The van der Waals surface area contributed by atoms with Gasteiger partial charge in [0.05, 0.1) is 11.7 Å². The lowest BCUT2D eigenvalue weighted by molar-refractivity contribution is -0.137. The van der Waals surface area contributed by atoms with Gasteiger partial charge in [-0.3, -0.25) is 19.0 Å². The van der Waals surface area contributed by atoms with E-state index in [-0.39, 0.29) is 24.4 Å². The molecule has 7 nitrogen and oxygen atoms in total. The molecule has 2 N–H and O–H groups in total. The minimum absolute atomic E-state index is 0.0868. The second-order valence-electron chi connectivity index (χ2n) is 4.52. The van der Waals surface area contributed by atoms with Crippen LogP contribution in [0.4, 0.5) is 0 Å². The van der Waals surface area contributed by atoms with Crippen molar-refractivity contribution in [1.29, 1.82) is 0 Å². The van der Waals surface area contributed by atoms with Gasteiger partial charge in [-0.25, -0.2) is 4.98 Å². The van der Waals surface area contributed by atoms with E-state index in [1.807, 2.05) is 0 Å². The number of amides is 1. The molecule has 0 spiro atoms. The molecule has 0 fully saturated rings. The lowest BCUT2D eigenvalue weighted by Gasteiger charge is -2.06. The Balaban J connectivity index is 1.85. The number of nitrogens with zero attached hydrogens (tertiary/aromatic N) is 2. The number of carboxylic acids is 1. The lowest BCUT2D eigenvalue weighted by atomic mass is 10.2. The summed E-state index contributed by atoms with van der Waals surface area (Å²) in [4.78, 5) is 38.9. The number of unbranched alkanes of at least 4 members (excludes halogenated alkanes) is 1. The number of thiophene rings is 1. The van der Waals surface area contributed by atoms with Gasteiger partial charge in [0.25, 0.3) is 5.56 Å². The van der Waals surface area contributed by atoms with Crippen LogP contribution in [0.2, 0.25) is 0 Å². The zero-order chi connectivity index (χ0) is 15.2. The molecule has 0 aliphatic carbocycles. The fraction of sp³-hybridized carbons (Fsp3) is 0.385. The Bertz CT molecular complexity index is 707. The van der Waals surface area contributed by atoms with Crippen molar-refractivity contribution in [3.63, 3.8) is 0 Å². The summed E-state index contributed by atoms with van der Waals surface area (Å²) in [5.41, 5.74) is -0.234. The second kappa shape index (κ2) is 6.98. The van der Waals surface area contributed by atoms with Crippen LogP contribution in [0.3, 0.4) is 0 Å². The maximum atomic E-state index is 12.1. The lowest BCUT2D eigenvalue weighted by Crippen LogP contribution is -2.32. The number of carbonyl (C=O) groups is 2. The van der Waals surface area contributed by atoms with Crippen molar-refractivity contribution < 1.29 is 14.7 Å². The van der Waals surface area contributed by atoms with E-state index < -0.39 is 5.97 Å². The van der Waals surface area contributed by atoms with Crippen molar-refractivity contribution in [2.24, 2.45) is 0 Å². The third kappa shape index (κ3) is 4.12. The van der Waals surface area contributed by atoms with Gasteiger partial charge in [0, 0.05) is 13.0 Å². The van der Waals surface area contributed by atoms with E-state index in [1.54, 1.807) is 11.4 Å². The maximum absolute atomic E-state index is 12.1. The number of aliphatic carboxylic acids is 1. The molecule has 0 aliphatic heterocycles. The van der Waals surface area contributed by atoms with Gasteiger partial charge in [-0.1, -0.05) is 0 Å². The van der Waals surface area contributed by atoms with Crippen LogP contribution in [0.25, 0.3) is 10.2 Å². The third-order valence-electron chi connectivity index (χ3n) is 2.90. The topological polar surface area (TPSA) is 101 Å². The molecule has 2 rings (SSSR count). The fourth-order valence-corrected chi connectivity index (χ4v) is 2.57. The van der Waals surface area contributed by atoms with Crippen LogP contribution in [0.15, 0.2) is 22.6 Å². The van der Waals surface area contributed by atoms with E-state index in [4.69, 9.17) is 5.11 Å². The van der Waals surface area contributed by atoms with E-state index in [1.165, 1.54) is 22.2 Å². The summed E-state index contributed by atoms with van der Waals surface area (Å²) in [5, 5.41) is 13.4. The summed E-state index contributed by atoms with van der Waals surface area (Å²) in [6, 6.07) is 1.69. The van der Waals surface area contributed by atoms with Crippen LogP contribution in [0, 0.1) is 0 Å². The smallest absolute Gasteiger partial charge is 0.303 e. The summed E-state index contributed by atoms with van der Waals surface area (Å²) in [5.74, 6) is -1.13. The van der Waals surface area contributed by atoms with Crippen molar-refractivity contribution in [1.82, 2.24) is 14.9 Å². The molecule has 0 radical (unpaired) electrons. The first-order valence-electron chi connectivity index (χ1n) is 6.49. The Kier molecular flexibility index (Phi) is 5.04. The van der Waals surface area contributed by atoms with Gasteiger partial charge in [0.2, 0.25) is 5.91 Å². The monoisotopic (exact) mass is 309 g/mol. The van der Waals surface area contributed by atoms with Crippen LogP contribution in [0.5, 0.6) is 0 Å². The Morgan fingerprint density at radius 3 is 2.95 bits per heavy atom. The number of hydrogen-bond acceptors (Lipinski definition) is 5. The maximum Gasteiger partial charge on any atom is 0.303 e. The van der Waals surface area contributed by atoms with Crippen molar-refractivity contribution in [2.45, 2.75) is 25.8 Å². The van der Waals surface area contributed by atoms with Gasteiger partial charge in [-0.15, -0.1) is 11.3 Å². The van der Waals surface area contributed by atoms with E-state index in [9.17, 15) is 14.4 Å². The number of carbonyl (C=O) groups excluding carboxylic acids is 1. The van der Waals surface area contributed by atoms with E-state index in [0.29, 0.717) is 29.6 Å². The van der Waals surface area contributed by atoms with Crippen LogP contribution >= 0.6 is 11.3 Å². The van der Waals surface area contributed by atoms with Crippen molar-refractivity contribution >= 4 is 33.4 Å². The molecule has 2 heterocycles. The standard InChI is InChI=1S/C13H15N3O4S/c17-10(14-5-2-1-3-11(18)19)7-16-8-15-12-9(13(16)20)4-6-21-12/h4,6,8H,1-3,5,7H2,(H,14,17)(H,18,19). The Labute approximate surface area is 124 Å². The molecule has 0 saturated heterocycles. The molecule has 0 aliphatic rings. The molecule has 2 aromatic heterocycles. The first-order valence-corrected chi connectivity index (χ1v) is 7.37. The number of aromatic nitrogens is 2. The highest BCUT2D eigenvalue weighted by atomic mass is 32.1. The van der Waals surface area contributed by atoms with Crippen LogP contribution < -0.4 is 10.9 Å². The largest absolute Gasteiger partial charge is 0.481 e. The zero-order valence-electron chi connectivity index (χ0n) is 11.2. The molecular formula is C13H15N3O4S. The first kappa shape index (κ1) is 15.2. The van der Waals surface area contributed by atoms with Crippen LogP contribution in [-0.2, 0) is 16.1 Å². The summed E-state index contributed by atoms with van der Waals surface area (Å²) < 4.78 is 1.27. The zero-order valence-corrected chi connectivity index (χ0v) is 12.1. The summed E-state index contributed by atoms with van der Waals surface area (Å²) >= 11 is 1.38. The average Bonchev–Trinajstić information content (AvgIpc) is 2.90. The van der Waals surface area contributed by atoms with E-state index in [2.05, 4.69) is 10.3 Å². The average molecular weight is 309 g/mol. The number of carboxylic acid groups (broad SMARTS) is 1. The van der Waals surface area contributed by atoms with Gasteiger partial charge in [0.1, 0.15) is 11.4 Å². The number of fused-ring (bicyclic) bond motifs is 1. The third-order valence-corrected chi connectivity index (χ3v) is 3.72. The first-order chi connectivity index (χ1) is 10.1. The van der Waals surface area contributed by atoms with Gasteiger partial charge < -0.3 is 10.4 Å². The molecule has 112 valence electrons. The predicted octanol–water partition coefficient (Wildman–Crippen LogP) is 0.829. The number of nitrogens with one attached hydrogen (secondary N) is 1. The molecule has 21 heavy (non-hydrogen) atoms. The molecule has 8 heteroatoms. The number of hydrogen-bond donors (Lipinski definition) is 2. The number of rotatable bonds is 7. The molecule has 0 bridgehead atoms. The highest BCUT2D eigenvalue weighted by Crippen LogP contribution is 2.13. The Morgan fingerprint density at radius 1 is 1.38 bits per heavy atom. The molecule has 0 atom stereocenters. The minimum atomic E-state index is -0.844. The summed E-state index contributed by atoms with van der Waals surface area (Å²) in [6.07, 6.45) is 2.56. The predicted molar refractivity (Wildman–Crippen MR) is 78.4 cm³/mol. The molecule has 0 unspecified atom stereocenters. The Morgan fingerprint density at radius 2 is 2.19 bits per heavy atom. The van der Waals surface area contributed by atoms with Crippen LogP contribution in [0.1, 0.15) is 19.3 Å². The normalized spacial score (nSPS) is 10.7. The molecule has 1 amide bonds. The van der Waals surface area contributed by atoms with Crippen molar-refractivity contribution in [3.8, 4) is 0 Å². The van der Waals surface area contributed by atoms with E-state index in [0.717, 1.165) is 0 Å². The quantitative estimate of drug-likeness (QED) is 0.738. The SMILES string of the molecule is O=C(O)CCCCNC(=O)Cn1cnc2sccc2c1=O. The van der Waals surface area contributed by atoms with Crippen LogP contribution in [-0.4, -0.2) is 33.1 Å².